The van der Waals surface area contributed by atoms with E-state index in [1.54, 1.807) is 0 Å². The molecule has 0 fully saturated rings. The van der Waals surface area contributed by atoms with Gasteiger partial charge in [-0.25, -0.2) is 0 Å². The van der Waals surface area contributed by atoms with Gasteiger partial charge in [-0.3, -0.25) is 5.32 Å². The van der Waals surface area contributed by atoms with Crippen molar-refractivity contribution < 1.29 is 0 Å². The molecule has 0 aliphatic heterocycles. The van der Waals surface area contributed by atoms with Gasteiger partial charge in [0.1, 0.15) is 5.54 Å². The number of nitrogens with zero attached hydrogens (tertiary/aromatic N) is 3. The summed E-state index contributed by atoms with van der Waals surface area (Å²) in [5, 5.41) is 12.6. The maximum Gasteiger partial charge on any atom is 0.104 e. The lowest BCUT2D eigenvalue weighted by Crippen LogP contribution is -2.45. The molecule has 19 heavy (non-hydrogen) atoms. The van der Waals surface area contributed by atoms with Crippen molar-refractivity contribution in [3.63, 3.8) is 0 Å². The molecule has 0 aliphatic carbocycles. The number of hydrogen-bond acceptors (Lipinski definition) is 4. The van der Waals surface area contributed by atoms with Crippen molar-refractivity contribution in [2.45, 2.75) is 51.6 Å². The standard InChI is InChI=1S/C15H32N4/c1-14(2)17-15(3,13-16)9-7-8-10-19(6)12-11-18(4)5/h14,17H,7-12H2,1-6H3. The average molecular weight is 268 g/mol. The van der Waals surface area contributed by atoms with Gasteiger partial charge >= 0.3 is 0 Å². The minimum Gasteiger partial charge on any atom is -0.308 e. The average Bonchev–Trinajstić information content (AvgIpc) is 2.31. The normalized spacial score (nSPS) is 14.9. The zero-order valence-corrected chi connectivity index (χ0v) is 13.7. The van der Waals surface area contributed by atoms with Gasteiger partial charge in [0.05, 0.1) is 6.07 Å². The molecule has 112 valence electrons. The Morgan fingerprint density at radius 3 is 2.21 bits per heavy atom. The van der Waals surface area contributed by atoms with E-state index in [0.717, 1.165) is 38.9 Å². The van der Waals surface area contributed by atoms with Crippen molar-refractivity contribution in [3.8, 4) is 6.07 Å². The number of nitrogens with one attached hydrogen (secondary N) is 1. The number of likely N-dealkylation sites (N-methyl/N-ethyl adjacent to an activating group) is 2. The molecular weight excluding hydrogens is 236 g/mol. The van der Waals surface area contributed by atoms with Gasteiger partial charge in [-0.05, 0) is 67.7 Å². The van der Waals surface area contributed by atoms with Gasteiger partial charge < -0.3 is 9.80 Å². The molecule has 1 N–H and O–H groups in total. The van der Waals surface area contributed by atoms with Crippen LogP contribution in [0, 0.1) is 11.3 Å². The third kappa shape index (κ3) is 9.89. The lowest BCUT2D eigenvalue weighted by molar-refractivity contribution is 0.272. The summed E-state index contributed by atoms with van der Waals surface area (Å²) in [6.45, 7) is 9.49. The largest absolute Gasteiger partial charge is 0.308 e. The number of rotatable bonds is 10. The van der Waals surface area contributed by atoms with Crippen LogP contribution in [0.25, 0.3) is 0 Å². The maximum absolute atomic E-state index is 9.26. The minimum atomic E-state index is -0.379. The Balaban J connectivity index is 3.80. The second-order valence-electron chi connectivity index (χ2n) is 6.31. The summed E-state index contributed by atoms with van der Waals surface area (Å²) in [4.78, 5) is 4.56. The van der Waals surface area contributed by atoms with Crippen LogP contribution in [0.1, 0.15) is 40.0 Å². The van der Waals surface area contributed by atoms with Gasteiger partial charge in [-0.15, -0.1) is 0 Å². The highest BCUT2D eigenvalue weighted by atomic mass is 15.1. The molecule has 0 heterocycles. The van der Waals surface area contributed by atoms with E-state index in [1.807, 2.05) is 6.92 Å². The van der Waals surface area contributed by atoms with E-state index in [2.05, 4.69) is 56.2 Å². The molecule has 4 heteroatoms. The SMILES string of the molecule is CC(C)NC(C)(C#N)CCCCN(C)CCN(C)C. The second kappa shape index (κ2) is 9.30. The van der Waals surface area contributed by atoms with Crippen LogP contribution in [0.4, 0.5) is 0 Å². The van der Waals surface area contributed by atoms with E-state index in [4.69, 9.17) is 0 Å². The van der Waals surface area contributed by atoms with Crippen molar-refractivity contribution in [2.75, 3.05) is 40.8 Å². The monoisotopic (exact) mass is 268 g/mol. The molecular formula is C15H32N4. The van der Waals surface area contributed by atoms with E-state index in [0.29, 0.717) is 6.04 Å². The summed E-state index contributed by atoms with van der Waals surface area (Å²) < 4.78 is 0. The van der Waals surface area contributed by atoms with Crippen molar-refractivity contribution >= 4 is 0 Å². The Bertz CT molecular complexity index is 270. The van der Waals surface area contributed by atoms with E-state index in [1.165, 1.54) is 0 Å². The number of hydrogen-bond donors (Lipinski definition) is 1. The summed E-state index contributed by atoms with van der Waals surface area (Å²) in [6, 6.07) is 2.76. The predicted octanol–water partition coefficient (Wildman–Crippen LogP) is 1.93. The third-order valence-electron chi connectivity index (χ3n) is 3.25. The van der Waals surface area contributed by atoms with Gasteiger partial charge in [0.15, 0.2) is 0 Å². The first-order chi connectivity index (χ1) is 8.79. The zero-order valence-electron chi connectivity index (χ0n) is 13.7. The molecule has 1 atom stereocenters. The Hall–Kier alpha value is -0.630. The molecule has 0 saturated carbocycles. The molecule has 0 aromatic carbocycles. The topological polar surface area (TPSA) is 42.3 Å². The summed E-state index contributed by atoms with van der Waals surface area (Å²) in [6.07, 6.45) is 3.17. The van der Waals surface area contributed by atoms with Gasteiger partial charge in [-0.1, -0.05) is 0 Å². The van der Waals surface area contributed by atoms with Crippen LogP contribution in [-0.2, 0) is 0 Å². The van der Waals surface area contributed by atoms with Crippen molar-refractivity contribution in [1.29, 1.82) is 5.26 Å². The zero-order chi connectivity index (χ0) is 14.9. The molecule has 0 aliphatic rings. The van der Waals surface area contributed by atoms with Crippen LogP contribution in [0.5, 0.6) is 0 Å². The van der Waals surface area contributed by atoms with E-state index in [9.17, 15) is 5.26 Å². The fourth-order valence-electron chi connectivity index (χ4n) is 2.14. The smallest absolute Gasteiger partial charge is 0.104 e. The molecule has 4 nitrogen and oxygen atoms in total. The van der Waals surface area contributed by atoms with Gasteiger partial charge in [-0.2, -0.15) is 5.26 Å². The van der Waals surface area contributed by atoms with E-state index < -0.39 is 0 Å². The molecule has 0 saturated heterocycles. The Morgan fingerprint density at radius 2 is 1.74 bits per heavy atom. The molecule has 0 radical (unpaired) electrons. The van der Waals surface area contributed by atoms with Crippen molar-refractivity contribution in [2.24, 2.45) is 0 Å². The Labute approximate surface area is 119 Å². The van der Waals surface area contributed by atoms with Crippen molar-refractivity contribution in [3.05, 3.63) is 0 Å². The Kier molecular flexibility index (Phi) is 8.99. The van der Waals surface area contributed by atoms with Crippen LogP contribution < -0.4 is 5.32 Å². The molecule has 1 unspecified atom stereocenters. The first-order valence-corrected chi connectivity index (χ1v) is 7.31. The van der Waals surface area contributed by atoms with Crippen LogP contribution in [0.3, 0.4) is 0 Å². The summed E-state index contributed by atoms with van der Waals surface area (Å²) in [7, 11) is 6.37. The van der Waals surface area contributed by atoms with Crippen LogP contribution >= 0.6 is 0 Å². The fraction of sp³-hybridized carbons (Fsp3) is 0.933. The number of unbranched alkanes of at least 4 members (excludes halogenated alkanes) is 1. The first kappa shape index (κ1) is 18.4. The van der Waals surface area contributed by atoms with Gasteiger partial charge in [0, 0.05) is 19.1 Å². The molecule has 0 aromatic rings. The van der Waals surface area contributed by atoms with Crippen LogP contribution in [-0.4, -0.2) is 62.2 Å². The predicted molar refractivity (Wildman–Crippen MR) is 82.2 cm³/mol. The third-order valence-corrected chi connectivity index (χ3v) is 3.25. The summed E-state index contributed by atoms with van der Waals surface area (Å²) >= 11 is 0. The molecule has 0 amide bonds. The highest BCUT2D eigenvalue weighted by Gasteiger charge is 2.23. The summed E-state index contributed by atoms with van der Waals surface area (Å²) in [5.74, 6) is 0. The fourth-order valence-corrected chi connectivity index (χ4v) is 2.14. The minimum absolute atomic E-state index is 0.354. The molecule has 0 bridgehead atoms. The molecule has 0 aromatic heterocycles. The van der Waals surface area contributed by atoms with Gasteiger partial charge in [0.2, 0.25) is 0 Å². The molecule has 0 rings (SSSR count). The molecule has 0 spiro atoms. The highest BCUT2D eigenvalue weighted by molar-refractivity contribution is 5.04. The van der Waals surface area contributed by atoms with Gasteiger partial charge in [0.25, 0.3) is 0 Å². The van der Waals surface area contributed by atoms with Crippen molar-refractivity contribution in [1.82, 2.24) is 15.1 Å². The maximum atomic E-state index is 9.26. The van der Waals surface area contributed by atoms with Crippen LogP contribution in [0.2, 0.25) is 0 Å². The lowest BCUT2D eigenvalue weighted by atomic mass is 9.95. The second-order valence-corrected chi connectivity index (χ2v) is 6.31. The highest BCUT2D eigenvalue weighted by Crippen LogP contribution is 2.14. The lowest BCUT2D eigenvalue weighted by Gasteiger charge is -2.26. The van der Waals surface area contributed by atoms with E-state index >= 15 is 0 Å². The first-order valence-electron chi connectivity index (χ1n) is 7.31. The number of nitriles is 1. The summed E-state index contributed by atoms with van der Waals surface area (Å²) in [5.41, 5.74) is -0.379. The Morgan fingerprint density at radius 1 is 1.11 bits per heavy atom. The quantitative estimate of drug-likeness (QED) is 0.615. The van der Waals surface area contributed by atoms with E-state index in [-0.39, 0.29) is 5.54 Å². The van der Waals surface area contributed by atoms with Crippen LogP contribution in [0.15, 0.2) is 0 Å².